The molecule has 1 heterocycles. The van der Waals surface area contributed by atoms with Gasteiger partial charge in [0.15, 0.2) is 0 Å². The van der Waals surface area contributed by atoms with E-state index in [1.807, 2.05) is 6.92 Å². The largest absolute Gasteiger partial charge is 0.469 e. The van der Waals surface area contributed by atoms with E-state index in [4.69, 9.17) is 10.00 Å². The zero-order chi connectivity index (χ0) is 11.3. The molecule has 0 radical (unpaired) electrons. The Morgan fingerprint density at radius 1 is 1.60 bits per heavy atom. The number of ether oxygens (including phenoxy) is 1. The summed E-state index contributed by atoms with van der Waals surface area (Å²) >= 11 is 0. The molecule has 0 aliphatic carbocycles. The van der Waals surface area contributed by atoms with Gasteiger partial charge in [0.2, 0.25) is 0 Å². The summed E-state index contributed by atoms with van der Waals surface area (Å²) in [4.78, 5) is 13.5. The average Bonchev–Trinajstić information content (AvgIpc) is 2.29. The van der Waals surface area contributed by atoms with Crippen molar-refractivity contribution in [3.63, 3.8) is 0 Å². The molecular formula is C11H18N2O2. The van der Waals surface area contributed by atoms with E-state index in [1.54, 1.807) is 0 Å². The third-order valence-electron chi connectivity index (χ3n) is 2.87. The molecule has 0 aromatic rings. The Hall–Kier alpha value is -1.08. The molecule has 0 spiro atoms. The van der Waals surface area contributed by atoms with Crippen molar-refractivity contribution in [3.8, 4) is 6.07 Å². The fourth-order valence-corrected chi connectivity index (χ4v) is 1.95. The second-order valence-corrected chi connectivity index (χ2v) is 4.13. The van der Waals surface area contributed by atoms with E-state index in [2.05, 4.69) is 11.0 Å². The second-order valence-electron chi connectivity index (χ2n) is 4.13. The Balaban J connectivity index is 2.30. The zero-order valence-electron chi connectivity index (χ0n) is 9.40. The SMILES string of the molecule is COC(=O)C1CCN(CC(C)C#N)CC1. The highest BCUT2D eigenvalue weighted by Crippen LogP contribution is 2.18. The van der Waals surface area contributed by atoms with E-state index < -0.39 is 0 Å². The Bertz CT molecular complexity index is 252. The number of rotatable bonds is 3. The first-order valence-electron chi connectivity index (χ1n) is 5.37. The van der Waals surface area contributed by atoms with Gasteiger partial charge in [-0.15, -0.1) is 0 Å². The van der Waals surface area contributed by atoms with E-state index >= 15 is 0 Å². The highest BCUT2D eigenvalue weighted by Gasteiger charge is 2.25. The van der Waals surface area contributed by atoms with E-state index in [-0.39, 0.29) is 17.8 Å². The first kappa shape index (κ1) is 12.0. The molecule has 1 rings (SSSR count). The maximum atomic E-state index is 11.3. The van der Waals surface area contributed by atoms with Crippen LogP contribution in [0.2, 0.25) is 0 Å². The first-order valence-corrected chi connectivity index (χ1v) is 5.37. The highest BCUT2D eigenvalue weighted by atomic mass is 16.5. The van der Waals surface area contributed by atoms with Crippen LogP contribution in [0.1, 0.15) is 19.8 Å². The summed E-state index contributed by atoms with van der Waals surface area (Å²) in [6, 6.07) is 2.22. The van der Waals surface area contributed by atoms with Gasteiger partial charge in [0.1, 0.15) is 0 Å². The molecule has 1 unspecified atom stereocenters. The Labute approximate surface area is 90.8 Å². The van der Waals surface area contributed by atoms with Gasteiger partial charge in [0.05, 0.1) is 25.0 Å². The van der Waals surface area contributed by atoms with Gasteiger partial charge in [-0.2, -0.15) is 5.26 Å². The fourth-order valence-electron chi connectivity index (χ4n) is 1.95. The Morgan fingerprint density at radius 3 is 2.67 bits per heavy atom. The van der Waals surface area contributed by atoms with Gasteiger partial charge in [0.25, 0.3) is 0 Å². The lowest BCUT2D eigenvalue weighted by Gasteiger charge is -2.31. The van der Waals surface area contributed by atoms with Crippen molar-refractivity contribution in [3.05, 3.63) is 0 Å². The third kappa shape index (κ3) is 3.52. The molecule has 0 saturated carbocycles. The molecule has 0 amide bonds. The van der Waals surface area contributed by atoms with Gasteiger partial charge in [-0.1, -0.05) is 0 Å². The summed E-state index contributed by atoms with van der Waals surface area (Å²) < 4.78 is 4.72. The summed E-state index contributed by atoms with van der Waals surface area (Å²) in [5, 5.41) is 8.69. The standard InChI is InChI=1S/C11H18N2O2/c1-9(7-12)8-13-5-3-10(4-6-13)11(14)15-2/h9-10H,3-6,8H2,1-2H3. The highest BCUT2D eigenvalue weighted by molar-refractivity contribution is 5.72. The van der Waals surface area contributed by atoms with Crippen LogP contribution >= 0.6 is 0 Å². The number of carbonyl (C=O) groups is 1. The van der Waals surface area contributed by atoms with Crippen LogP contribution in [-0.2, 0) is 9.53 Å². The lowest BCUT2D eigenvalue weighted by atomic mass is 9.96. The zero-order valence-corrected chi connectivity index (χ0v) is 9.40. The topological polar surface area (TPSA) is 53.3 Å². The maximum Gasteiger partial charge on any atom is 0.308 e. The van der Waals surface area contributed by atoms with Crippen molar-refractivity contribution in [2.24, 2.45) is 11.8 Å². The minimum atomic E-state index is -0.0945. The van der Waals surface area contributed by atoms with Crippen molar-refractivity contribution < 1.29 is 9.53 Å². The van der Waals surface area contributed by atoms with E-state index in [0.717, 1.165) is 32.5 Å². The third-order valence-corrected chi connectivity index (χ3v) is 2.87. The fraction of sp³-hybridized carbons (Fsp3) is 0.818. The van der Waals surface area contributed by atoms with Crippen LogP contribution in [0.15, 0.2) is 0 Å². The lowest BCUT2D eigenvalue weighted by Crippen LogP contribution is -2.38. The van der Waals surface area contributed by atoms with Crippen LogP contribution in [0, 0.1) is 23.2 Å². The molecule has 1 saturated heterocycles. The van der Waals surface area contributed by atoms with E-state index in [1.165, 1.54) is 7.11 Å². The minimum Gasteiger partial charge on any atom is -0.469 e. The van der Waals surface area contributed by atoms with Crippen LogP contribution in [0.4, 0.5) is 0 Å². The summed E-state index contributed by atoms with van der Waals surface area (Å²) in [7, 11) is 1.44. The molecule has 84 valence electrons. The smallest absolute Gasteiger partial charge is 0.308 e. The van der Waals surface area contributed by atoms with Gasteiger partial charge >= 0.3 is 5.97 Å². The average molecular weight is 210 g/mol. The van der Waals surface area contributed by atoms with E-state index in [0.29, 0.717) is 0 Å². The quantitative estimate of drug-likeness (QED) is 0.653. The number of nitriles is 1. The molecule has 0 aromatic carbocycles. The van der Waals surface area contributed by atoms with E-state index in [9.17, 15) is 4.79 Å². The monoisotopic (exact) mass is 210 g/mol. The van der Waals surface area contributed by atoms with Crippen molar-refractivity contribution in [2.75, 3.05) is 26.7 Å². The predicted molar refractivity (Wildman–Crippen MR) is 56.0 cm³/mol. The Kier molecular flexibility index (Phi) is 4.57. The number of esters is 1. The molecule has 0 aromatic heterocycles. The van der Waals surface area contributed by atoms with Crippen LogP contribution in [0.5, 0.6) is 0 Å². The van der Waals surface area contributed by atoms with Crippen molar-refractivity contribution in [1.82, 2.24) is 4.90 Å². The van der Waals surface area contributed by atoms with Gasteiger partial charge in [-0.05, 0) is 32.9 Å². The molecule has 4 nitrogen and oxygen atoms in total. The van der Waals surface area contributed by atoms with Crippen LogP contribution in [0.25, 0.3) is 0 Å². The number of piperidine rings is 1. The van der Waals surface area contributed by atoms with Gasteiger partial charge in [0, 0.05) is 6.54 Å². The van der Waals surface area contributed by atoms with Crippen molar-refractivity contribution in [2.45, 2.75) is 19.8 Å². The molecule has 15 heavy (non-hydrogen) atoms. The molecule has 1 aliphatic heterocycles. The first-order chi connectivity index (χ1) is 7.17. The van der Waals surface area contributed by atoms with Gasteiger partial charge < -0.3 is 9.64 Å². The lowest BCUT2D eigenvalue weighted by molar-refractivity contribution is -0.147. The summed E-state index contributed by atoms with van der Waals surface area (Å²) in [6.07, 6.45) is 1.70. The summed E-state index contributed by atoms with van der Waals surface area (Å²) in [6.45, 7) is 4.52. The summed E-state index contributed by atoms with van der Waals surface area (Å²) in [5.74, 6) is 0.0336. The van der Waals surface area contributed by atoms with Gasteiger partial charge in [-0.25, -0.2) is 0 Å². The molecule has 4 heteroatoms. The number of methoxy groups -OCH3 is 1. The maximum absolute atomic E-state index is 11.3. The molecular weight excluding hydrogens is 192 g/mol. The number of hydrogen-bond donors (Lipinski definition) is 0. The molecule has 1 aliphatic rings. The normalized spacial score (nSPS) is 20.6. The van der Waals surface area contributed by atoms with Crippen LogP contribution in [-0.4, -0.2) is 37.6 Å². The van der Waals surface area contributed by atoms with Crippen LogP contribution < -0.4 is 0 Å². The Morgan fingerprint density at radius 2 is 2.20 bits per heavy atom. The molecule has 0 bridgehead atoms. The molecule has 1 atom stereocenters. The molecule has 0 N–H and O–H groups in total. The number of hydrogen-bond acceptors (Lipinski definition) is 4. The minimum absolute atomic E-state index is 0.0589. The van der Waals surface area contributed by atoms with Crippen molar-refractivity contribution in [1.29, 1.82) is 5.26 Å². The van der Waals surface area contributed by atoms with Crippen molar-refractivity contribution >= 4 is 5.97 Å². The predicted octanol–water partition coefficient (Wildman–Crippen LogP) is 1.03. The number of likely N-dealkylation sites (tertiary alicyclic amines) is 1. The molecule has 1 fully saturated rings. The summed E-state index contributed by atoms with van der Waals surface area (Å²) in [5.41, 5.74) is 0. The number of carbonyl (C=O) groups excluding carboxylic acids is 1. The van der Waals surface area contributed by atoms with Crippen LogP contribution in [0.3, 0.4) is 0 Å². The number of nitrogens with zero attached hydrogens (tertiary/aromatic N) is 2. The second kappa shape index (κ2) is 5.72. The van der Waals surface area contributed by atoms with Gasteiger partial charge in [-0.3, -0.25) is 4.79 Å².